The summed E-state index contributed by atoms with van der Waals surface area (Å²) in [5.74, 6) is -2.82. The summed E-state index contributed by atoms with van der Waals surface area (Å²) in [6, 6.07) is 0. The Bertz CT molecular complexity index is 509. The Morgan fingerprint density at radius 2 is 2.07 bits per heavy atom. The van der Waals surface area contributed by atoms with Gasteiger partial charge in [0.25, 0.3) is 5.92 Å². The number of aliphatic hydroxyl groups is 1. The minimum absolute atomic E-state index is 0.0658. The van der Waals surface area contributed by atoms with Gasteiger partial charge in [-0.05, 0) is 50.0 Å². The fourth-order valence-electron chi connectivity index (χ4n) is 4.53. The summed E-state index contributed by atoms with van der Waals surface area (Å²) in [5.41, 5.74) is 0. The van der Waals surface area contributed by atoms with Crippen molar-refractivity contribution in [3.8, 4) is 0 Å². The number of alkyl halides is 2. The van der Waals surface area contributed by atoms with Gasteiger partial charge >= 0.3 is 5.97 Å². The van der Waals surface area contributed by atoms with E-state index in [1.165, 1.54) is 7.11 Å². The molecule has 0 bridgehead atoms. The highest BCUT2D eigenvalue weighted by Crippen LogP contribution is 2.42. The molecule has 1 aliphatic heterocycles. The zero-order valence-electron chi connectivity index (χ0n) is 17.2. The molecule has 1 saturated heterocycles. The van der Waals surface area contributed by atoms with Gasteiger partial charge in [-0.3, -0.25) is 4.79 Å². The van der Waals surface area contributed by atoms with Crippen LogP contribution in [0.4, 0.5) is 8.78 Å². The second-order valence-corrected chi connectivity index (χ2v) is 8.41. The highest BCUT2D eigenvalue weighted by molar-refractivity contribution is 5.68. The molecule has 2 rings (SSSR count). The highest BCUT2D eigenvalue weighted by Gasteiger charge is 2.43. The lowest BCUT2D eigenvalue weighted by atomic mass is 9.86. The fraction of sp³-hybridized carbons (Fsp3) is 0.864. The normalized spacial score (nSPS) is 31.0. The Balaban J connectivity index is 1.87. The van der Waals surface area contributed by atoms with Gasteiger partial charge in [-0.25, -0.2) is 8.78 Å². The largest absolute Gasteiger partial charge is 0.469 e. The van der Waals surface area contributed by atoms with Gasteiger partial charge in [0.05, 0.1) is 19.3 Å². The minimum Gasteiger partial charge on any atom is -0.469 e. The lowest BCUT2D eigenvalue weighted by Gasteiger charge is -2.21. The molecule has 2 fully saturated rings. The van der Waals surface area contributed by atoms with Gasteiger partial charge < -0.3 is 14.6 Å². The van der Waals surface area contributed by atoms with E-state index < -0.39 is 12.0 Å². The van der Waals surface area contributed by atoms with Gasteiger partial charge in [0.15, 0.2) is 0 Å². The van der Waals surface area contributed by atoms with Crippen molar-refractivity contribution in [1.82, 2.24) is 0 Å². The van der Waals surface area contributed by atoms with Crippen molar-refractivity contribution >= 4 is 5.97 Å². The Morgan fingerprint density at radius 3 is 2.79 bits per heavy atom. The number of unbranched alkanes of at least 4 members (excludes halogenated alkanes) is 2. The summed E-state index contributed by atoms with van der Waals surface area (Å²) >= 11 is 0. The number of allylic oxidation sites excluding steroid dienone is 1. The second-order valence-electron chi connectivity index (χ2n) is 8.41. The monoisotopic (exact) mass is 402 g/mol. The van der Waals surface area contributed by atoms with Gasteiger partial charge in [-0.1, -0.05) is 25.8 Å². The summed E-state index contributed by atoms with van der Waals surface area (Å²) in [6.45, 7) is 2.61. The van der Waals surface area contributed by atoms with Crippen molar-refractivity contribution in [3.63, 3.8) is 0 Å². The SMILES string of the molecule is CCCCCC(F)(F)/C=C/[C@@H]1[C@H]2CC[C@H](CCCC(=O)OC)CO[C@H]2C[C@H]1O. The van der Waals surface area contributed by atoms with Crippen LogP contribution in [0.15, 0.2) is 12.2 Å². The van der Waals surface area contributed by atoms with Gasteiger partial charge in [-0.2, -0.15) is 0 Å². The van der Waals surface area contributed by atoms with Gasteiger partial charge in [0.1, 0.15) is 0 Å². The number of esters is 1. The maximum Gasteiger partial charge on any atom is 0.305 e. The smallest absolute Gasteiger partial charge is 0.305 e. The number of hydrogen-bond acceptors (Lipinski definition) is 4. The maximum absolute atomic E-state index is 14.1. The number of carbonyl (C=O) groups is 1. The molecule has 1 heterocycles. The molecule has 0 unspecified atom stereocenters. The predicted molar refractivity (Wildman–Crippen MR) is 104 cm³/mol. The number of methoxy groups -OCH3 is 1. The molecule has 0 aromatic heterocycles. The average molecular weight is 403 g/mol. The third kappa shape index (κ3) is 7.11. The molecule has 0 aromatic rings. The predicted octanol–water partition coefficient (Wildman–Crippen LogP) is 4.89. The van der Waals surface area contributed by atoms with E-state index in [2.05, 4.69) is 4.74 Å². The molecule has 1 aliphatic carbocycles. The minimum atomic E-state index is -2.81. The molecule has 0 aromatic carbocycles. The molecule has 5 atom stereocenters. The first-order valence-corrected chi connectivity index (χ1v) is 10.8. The van der Waals surface area contributed by atoms with Crippen LogP contribution < -0.4 is 0 Å². The molecule has 1 N–H and O–H groups in total. The van der Waals surface area contributed by atoms with Crippen molar-refractivity contribution < 1.29 is 28.2 Å². The summed E-state index contributed by atoms with van der Waals surface area (Å²) in [5, 5.41) is 10.4. The molecule has 4 nitrogen and oxygen atoms in total. The fourth-order valence-corrected chi connectivity index (χ4v) is 4.53. The second kappa shape index (κ2) is 11.2. The summed E-state index contributed by atoms with van der Waals surface area (Å²) in [7, 11) is 1.39. The van der Waals surface area contributed by atoms with E-state index in [4.69, 9.17) is 4.74 Å². The Morgan fingerprint density at radius 1 is 1.29 bits per heavy atom. The Labute approximate surface area is 167 Å². The lowest BCUT2D eigenvalue weighted by Crippen LogP contribution is -2.22. The third-order valence-corrected chi connectivity index (χ3v) is 6.24. The zero-order valence-corrected chi connectivity index (χ0v) is 17.2. The van der Waals surface area contributed by atoms with E-state index in [-0.39, 0.29) is 30.3 Å². The van der Waals surface area contributed by atoms with E-state index in [1.807, 2.05) is 6.92 Å². The van der Waals surface area contributed by atoms with Crippen LogP contribution in [0.25, 0.3) is 0 Å². The van der Waals surface area contributed by atoms with Crippen LogP contribution in [0, 0.1) is 17.8 Å². The van der Waals surface area contributed by atoms with Crippen LogP contribution in [0.1, 0.15) is 71.1 Å². The van der Waals surface area contributed by atoms with Crippen molar-refractivity contribution in [3.05, 3.63) is 12.2 Å². The number of fused-ring (bicyclic) bond motifs is 1. The Kier molecular flexibility index (Phi) is 9.35. The molecule has 28 heavy (non-hydrogen) atoms. The Hall–Kier alpha value is -1.01. The van der Waals surface area contributed by atoms with Crippen molar-refractivity contribution in [2.45, 2.75) is 89.3 Å². The molecule has 6 heteroatoms. The van der Waals surface area contributed by atoms with Crippen LogP contribution in [-0.4, -0.2) is 42.9 Å². The summed E-state index contributed by atoms with van der Waals surface area (Å²) in [6.07, 6.45) is 8.38. The number of aliphatic hydroxyl groups excluding tert-OH is 1. The molecular formula is C22H36F2O4. The summed E-state index contributed by atoms with van der Waals surface area (Å²) < 4.78 is 38.9. The first kappa shape index (κ1) is 23.3. The molecule has 0 amide bonds. The molecule has 0 spiro atoms. The molecular weight excluding hydrogens is 366 g/mol. The van der Waals surface area contributed by atoms with Crippen molar-refractivity contribution in [1.29, 1.82) is 0 Å². The van der Waals surface area contributed by atoms with Crippen LogP contribution in [-0.2, 0) is 14.3 Å². The lowest BCUT2D eigenvalue weighted by molar-refractivity contribution is -0.140. The first-order valence-electron chi connectivity index (χ1n) is 10.8. The van der Waals surface area contributed by atoms with Gasteiger partial charge in [-0.15, -0.1) is 0 Å². The standard InChI is InChI=1S/C22H36F2O4/c1-3-4-5-12-22(23,24)13-11-17-18-10-9-16(7-6-8-21(26)27-2)15-28-20(18)14-19(17)25/h11,13,16-20,25H,3-10,12,14-15H2,1-2H3/b13-11+/t16-,17+,18+,19+,20-/m0/s1. The van der Waals surface area contributed by atoms with Crippen molar-refractivity contribution in [2.75, 3.05) is 13.7 Å². The van der Waals surface area contributed by atoms with Crippen LogP contribution in [0.5, 0.6) is 0 Å². The maximum atomic E-state index is 14.1. The molecule has 1 saturated carbocycles. The number of rotatable bonds is 10. The van der Waals surface area contributed by atoms with Gasteiger partial charge in [0, 0.05) is 31.8 Å². The van der Waals surface area contributed by atoms with Crippen LogP contribution in [0.2, 0.25) is 0 Å². The summed E-state index contributed by atoms with van der Waals surface area (Å²) in [4.78, 5) is 11.2. The number of hydrogen-bond donors (Lipinski definition) is 1. The molecule has 0 radical (unpaired) electrons. The highest BCUT2D eigenvalue weighted by atomic mass is 19.3. The molecule has 162 valence electrons. The van der Waals surface area contributed by atoms with Gasteiger partial charge in [0.2, 0.25) is 0 Å². The van der Waals surface area contributed by atoms with E-state index in [9.17, 15) is 18.7 Å². The van der Waals surface area contributed by atoms with E-state index in [0.717, 1.165) is 44.6 Å². The van der Waals surface area contributed by atoms with E-state index in [0.29, 0.717) is 31.8 Å². The third-order valence-electron chi connectivity index (χ3n) is 6.24. The number of carbonyl (C=O) groups excluding carboxylic acids is 1. The average Bonchev–Trinajstić information content (AvgIpc) is 2.82. The van der Waals surface area contributed by atoms with Crippen LogP contribution >= 0.6 is 0 Å². The first-order chi connectivity index (χ1) is 13.4. The topological polar surface area (TPSA) is 55.8 Å². The number of ether oxygens (including phenoxy) is 2. The van der Waals surface area contributed by atoms with Crippen molar-refractivity contribution in [2.24, 2.45) is 17.8 Å². The molecule has 2 aliphatic rings. The number of halogens is 2. The quantitative estimate of drug-likeness (QED) is 0.321. The zero-order chi connectivity index (χ0) is 20.6. The van der Waals surface area contributed by atoms with Crippen LogP contribution in [0.3, 0.4) is 0 Å². The van der Waals surface area contributed by atoms with E-state index in [1.54, 1.807) is 6.08 Å². The van der Waals surface area contributed by atoms with E-state index >= 15 is 0 Å².